The Balaban J connectivity index is 1.81. The third-order valence-corrected chi connectivity index (χ3v) is 3.62. The average molecular weight is 303 g/mol. The number of hydrogen-bond acceptors (Lipinski definition) is 3. The third kappa shape index (κ3) is 4.58. The maximum atomic E-state index is 12.0. The average Bonchev–Trinajstić information content (AvgIpc) is 3.05. The molecule has 2 rings (SSSR count). The van der Waals surface area contributed by atoms with Gasteiger partial charge in [-0.1, -0.05) is 12.1 Å². The number of nitrogens with one attached hydrogen (secondary N) is 2. The van der Waals surface area contributed by atoms with Gasteiger partial charge in [0.25, 0.3) is 5.91 Å². The highest BCUT2D eigenvalue weighted by atomic mass is 16.2. The van der Waals surface area contributed by atoms with Crippen LogP contribution in [-0.2, 0) is 16.1 Å². The largest absolute Gasteiger partial charge is 0.352 e. The Morgan fingerprint density at radius 2 is 1.68 bits per heavy atom. The fourth-order valence-corrected chi connectivity index (χ4v) is 2.34. The van der Waals surface area contributed by atoms with E-state index in [0.717, 1.165) is 31.5 Å². The maximum absolute atomic E-state index is 12.0. The summed E-state index contributed by atoms with van der Waals surface area (Å²) in [5, 5.41) is 5.34. The highest BCUT2D eigenvalue weighted by Gasteiger charge is 2.18. The van der Waals surface area contributed by atoms with E-state index < -0.39 is 0 Å². The van der Waals surface area contributed by atoms with Crippen LogP contribution in [-0.4, -0.2) is 42.3 Å². The maximum Gasteiger partial charge on any atom is 0.251 e. The summed E-state index contributed by atoms with van der Waals surface area (Å²) in [7, 11) is 0. The molecule has 3 amide bonds. The van der Waals surface area contributed by atoms with Gasteiger partial charge in [-0.3, -0.25) is 14.4 Å². The highest BCUT2D eigenvalue weighted by Crippen LogP contribution is 2.07. The van der Waals surface area contributed by atoms with Crippen molar-refractivity contribution in [3.8, 4) is 0 Å². The zero-order chi connectivity index (χ0) is 15.9. The predicted molar refractivity (Wildman–Crippen MR) is 82.1 cm³/mol. The lowest BCUT2D eigenvalue weighted by molar-refractivity contribution is -0.129. The summed E-state index contributed by atoms with van der Waals surface area (Å²) in [4.78, 5) is 36.5. The molecule has 1 aromatic rings. The van der Waals surface area contributed by atoms with Crippen molar-refractivity contribution in [1.29, 1.82) is 0 Å². The molecule has 0 atom stereocenters. The minimum absolute atomic E-state index is 0.0341. The number of hydrogen-bond donors (Lipinski definition) is 2. The first-order chi connectivity index (χ1) is 10.6. The Labute approximate surface area is 129 Å². The van der Waals surface area contributed by atoms with Crippen molar-refractivity contribution in [1.82, 2.24) is 15.5 Å². The molecule has 1 saturated heterocycles. The van der Waals surface area contributed by atoms with Gasteiger partial charge in [0, 0.05) is 32.1 Å². The number of amides is 3. The summed E-state index contributed by atoms with van der Waals surface area (Å²) in [5.41, 5.74) is 1.42. The quantitative estimate of drug-likeness (QED) is 0.839. The van der Waals surface area contributed by atoms with E-state index in [0.29, 0.717) is 12.1 Å². The molecule has 6 nitrogen and oxygen atoms in total. The van der Waals surface area contributed by atoms with Gasteiger partial charge in [-0.25, -0.2) is 0 Å². The zero-order valence-electron chi connectivity index (χ0n) is 12.7. The van der Waals surface area contributed by atoms with Gasteiger partial charge < -0.3 is 15.5 Å². The molecule has 118 valence electrons. The van der Waals surface area contributed by atoms with Gasteiger partial charge >= 0.3 is 0 Å². The first-order valence-electron chi connectivity index (χ1n) is 7.45. The molecule has 6 heteroatoms. The van der Waals surface area contributed by atoms with E-state index in [1.807, 2.05) is 0 Å². The van der Waals surface area contributed by atoms with Gasteiger partial charge in [0.1, 0.15) is 0 Å². The van der Waals surface area contributed by atoms with E-state index in [1.54, 1.807) is 29.2 Å². The lowest BCUT2D eigenvalue weighted by Crippen LogP contribution is -2.38. The first kappa shape index (κ1) is 16.0. The van der Waals surface area contributed by atoms with Crippen LogP contribution >= 0.6 is 0 Å². The van der Waals surface area contributed by atoms with Crippen molar-refractivity contribution in [3.05, 3.63) is 35.4 Å². The van der Waals surface area contributed by atoms with Crippen molar-refractivity contribution < 1.29 is 14.4 Å². The minimum Gasteiger partial charge on any atom is -0.352 e. The molecule has 0 unspecified atom stereocenters. The molecule has 0 aliphatic carbocycles. The monoisotopic (exact) mass is 303 g/mol. The predicted octanol–water partition coefficient (Wildman–Crippen LogP) is 0.675. The first-order valence-corrected chi connectivity index (χ1v) is 7.45. The SMILES string of the molecule is CC(=O)NCc1ccc(C(=O)NCC(=O)N2CCCC2)cc1. The Morgan fingerprint density at radius 3 is 2.27 bits per heavy atom. The number of nitrogens with zero attached hydrogens (tertiary/aromatic N) is 1. The molecular weight excluding hydrogens is 282 g/mol. The summed E-state index contributed by atoms with van der Waals surface area (Å²) in [5.74, 6) is -0.394. The molecule has 0 aromatic heterocycles. The number of rotatable bonds is 5. The molecule has 22 heavy (non-hydrogen) atoms. The molecule has 0 spiro atoms. The van der Waals surface area contributed by atoms with Crippen molar-refractivity contribution in [3.63, 3.8) is 0 Å². The number of carbonyl (C=O) groups is 3. The van der Waals surface area contributed by atoms with Crippen LogP contribution < -0.4 is 10.6 Å². The Kier molecular flexibility index (Phi) is 5.52. The van der Waals surface area contributed by atoms with Gasteiger partial charge in [0.15, 0.2) is 0 Å². The lowest BCUT2D eigenvalue weighted by atomic mass is 10.1. The standard InChI is InChI=1S/C16H21N3O3/c1-12(20)17-10-13-4-6-14(7-5-13)16(22)18-11-15(21)19-8-2-3-9-19/h4-7H,2-3,8-11H2,1H3,(H,17,20)(H,18,22). The Morgan fingerprint density at radius 1 is 1.05 bits per heavy atom. The molecule has 1 aliphatic heterocycles. The summed E-state index contributed by atoms with van der Waals surface area (Å²) in [6.45, 7) is 3.50. The van der Waals surface area contributed by atoms with Gasteiger partial charge in [-0.05, 0) is 30.5 Å². The number of likely N-dealkylation sites (tertiary alicyclic amines) is 1. The van der Waals surface area contributed by atoms with E-state index in [1.165, 1.54) is 6.92 Å². The molecule has 0 saturated carbocycles. The van der Waals surface area contributed by atoms with Crippen LogP contribution in [0.15, 0.2) is 24.3 Å². The van der Waals surface area contributed by atoms with Crippen LogP contribution in [0.2, 0.25) is 0 Å². The molecule has 1 fully saturated rings. The molecule has 0 radical (unpaired) electrons. The fourth-order valence-electron chi connectivity index (χ4n) is 2.34. The molecule has 1 aromatic carbocycles. The van der Waals surface area contributed by atoms with Crippen molar-refractivity contribution in [2.75, 3.05) is 19.6 Å². The number of carbonyl (C=O) groups excluding carboxylic acids is 3. The third-order valence-electron chi connectivity index (χ3n) is 3.62. The molecule has 0 bridgehead atoms. The van der Waals surface area contributed by atoms with Gasteiger partial charge in [0.2, 0.25) is 11.8 Å². The van der Waals surface area contributed by atoms with Crippen LogP contribution in [0.25, 0.3) is 0 Å². The smallest absolute Gasteiger partial charge is 0.251 e. The van der Waals surface area contributed by atoms with Crippen molar-refractivity contribution >= 4 is 17.7 Å². The van der Waals surface area contributed by atoms with Crippen molar-refractivity contribution in [2.24, 2.45) is 0 Å². The molecule has 2 N–H and O–H groups in total. The number of benzene rings is 1. The van der Waals surface area contributed by atoms with Crippen LogP contribution in [0.1, 0.15) is 35.7 Å². The van der Waals surface area contributed by atoms with Gasteiger partial charge in [0.05, 0.1) is 6.54 Å². The van der Waals surface area contributed by atoms with E-state index in [9.17, 15) is 14.4 Å². The zero-order valence-corrected chi connectivity index (χ0v) is 12.7. The van der Waals surface area contributed by atoms with Crippen LogP contribution in [0.3, 0.4) is 0 Å². The summed E-state index contributed by atoms with van der Waals surface area (Å²) in [6, 6.07) is 6.94. The van der Waals surface area contributed by atoms with Gasteiger partial charge in [-0.15, -0.1) is 0 Å². The van der Waals surface area contributed by atoms with Crippen molar-refractivity contribution in [2.45, 2.75) is 26.3 Å². The van der Waals surface area contributed by atoms with Crippen LogP contribution in [0.5, 0.6) is 0 Å². The van der Waals surface area contributed by atoms with Gasteiger partial charge in [-0.2, -0.15) is 0 Å². The van der Waals surface area contributed by atoms with Crippen LogP contribution in [0.4, 0.5) is 0 Å². The highest BCUT2D eigenvalue weighted by molar-refractivity contribution is 5.96. The minimum atomic E-state index is -0.265. The molecule has 1 heterocycles. The molecule has 1 aliphatic rings. The van der Waals surface area contributed by atoms with E-state index in [-0.39, 0.29) is 24.3 Å². The van der Waals surface area contributed by atoms with E-state index in [2.05, 4.69) is 10.6 Å². The summed E-state index contributed by atoms with van der Waals surface area (Å²) in [6.07, 6.45) is 2.07. The lowest BCUT2D eigenvalue weighted by Gasteiger charge is -2.15. The second-order valence-electron chi connectivity index (χ2n) is 5.38. The van der Waals surface area contributed by atoms with E-state index in [4.69, 9.17) is 0 Å². The topological polar surface area (TPSA) is 78.5 Å². The fraction of sp³-hybridized carbons (Fsp3) is 0.438. The Bertz CT molecular complexity index is 548. The molecular formula is C16H21N3O3. The normalized spacial score (nSPS) is 13.8. The van der Waals surface area contributed by atoms with E-state index >= 15 is 0 Å². The summed E-state index contributed by atoms with van der Waals surface area (Å²) >= 11 is 0. The second kappa shape index (κ2) is 7.59. The second-order valence-corrected chi connectivity index (χ2v) is 5.38. The van der Waals surface area contributed by atoms with Crippen LogP contribution in [0, 0.1) is 0 Å². The Hall–Kier alpha value is -2.37. The summed E-state index contributed by atoms with van der Waals surface area (Å²) < 4.78 is 0.